The second-order valence-electron chi connectivity index (χ2n) is 5.84. The second kappa shape index (κ2) is 8.62. The molecule has 0 unspecified atom stereocenters. The molecule has 0 bridgehead atoms. The van der Waals surface area contributed by atoms with Crippen molar-refractivity contribution in [3.63, 3.8) is 0 Å². The number of nitrogens with one attached hydrogen (secondary N) is 2. The number of carbonyl (C=O) groups is 2. The van der Waals surface area contributed by atoms with E-state index in [1.54, 1.807) is 31.2 Å². The summed E-state index contributed by atoms with van der Waals surface area (Å²) < 4.78 is 18.5. The smallest absolute Gasteiger partial charge is 0.267 e. The third-order valence-corrected chi connectivity index (χ3v) is 5.00. The van der Waals surface area contributed by atoms with Gasteiger partial charge < -0.3 is 15.4 Å². The lowest BCUT2D eigenvalue weighted by molar-refractivity contribution is 0.0964. The van der Waals surface area contributed by atoms with E-state index in [1.807, 2.05) is 0 Å². The fourth-order valence-corrected chi connectivity index (χ4v) is 3.38. The summed E-state index contributed by atoms with van der Waals surface area (Å²) in [6.45, 7) is 1.90. The largest absolute Gasteiger partial charge is 0.486 e. The quantitative estimate of drug-likeness (QED) is 0.661. The number of halogens is 1. The highest BCUT2D eigenvalue weighted by molar-refractivity contribution is 7.13. The van der Waals surface area contributed by atoms with E-state index >= 15 is 0 Å². The van der Waals surface area contributed by atoms with Gasteiger partial charge in [-0.1, -0.05) is 12.1 Å². The summed E-state index contributed by atoms with van der Waals surface area (Å²) in [5, 5.41) is 5.93. The van der Waals surface area contributed by atoms with Gasteiger partial charge in [-0.3, -0.25) is 9.59 Å². The van der Waals surface area contributed by atoms with Crippen LogP contribution in [0.3, 0.4) is 0 Å². The Labute approximate surface area is 165 Å². The predicted molar refractivity (Wildman–Crippen MR) is 105 cm³/mol. The van der Waals surface area contributed by atoms with Gasteiger partial charge in [0.15, 0.2) is 0 Å². The highest BCUT2D eigenvalue weighted by Crippen LogP contribution is 2.23. The number of thiazole rings is 1. The zero-order valence-electron chi connectivity index (χ0n) is 15.3. The normalized spacial score (nSPS) is 10.4. The average molecular weight is 399 g/mol. The number of hydrogen-bond acceptors (Lipinski definition) is 5. The lowest BCUT2D eigenvalue weighted by atomic mass is 10.1. The summed E-state index contributed by atoms with van der Waals surface area (Å²) in [5.74, 6) is -0.460. The number of para-hydroxylation sites is 1. The van der Waals surface area contributed by atoms with Crippen molar-refractivity contribution in [2.75, 3.05) is 12.4 Å². The first-order chi connectivity index (χ1) is 13.5. The lowest BCUT2D eigenvalue weighted by Crippen LogP contribution is -2.21. The first-order valence-corrected chi connectivity index (χ1v) is 9.26. The van der Waals surface area contributed by atoms with Crippen molar-refractivity contribution in [2.24, 2.45) is 0 Å². The van der Waals surface area contributed by atoms with Gasteiger partial charge in [0.2, 0.25) is 0 Å². The summed E-state index contributed by atoms with van der Waals surface area (Å²) >= 11 is 1.21. The van der Waals surface area contributed by atoms with E-state index in [2.05, 4.69) is 15.6 Å². The fraction of sp³-hybridized carbons (Fsp3) is 0.150. The molecule has 2 aromatic carbocycles. The highest BCUT2D eigenvalue weighted by atomic mass is 32.1. The zero-order valence-corrected chi connectivity index (χ0v) is 16.1. The van der Waals surface area contributed by atoms with Crippen LogP contribution < -0.4 is 15.4 Å². The monoisotopic (exact) mass is 399 g/mol. The molecule has 6 nitrogen and oxygen atoms in total. The van der Waals surface area contributed by atoms with Crippen LogP contribution in [-0.4, -0.2) is 23.8 Å². The molecule has 0 aliphatic heterocycles. The third kappa shape index (κ3) is 4.52. The van der Waals surface area contributed by atoms with Gasteiger partial charge in [-0.05, 0) is 43.3 Å². The Kier molecular flexibility index (Phi) is 6.00. The van der Waals surface area contributed by atoms with Crippen LogP contribution in [0.25, 0.3) is 0 Å². The number of carbonyl (C=O) groups excluding carboxylic acids is 2. The third-order valence-electron chi connectivity index (χ3n) is 3.87. The van der Waals surface area contributed by atoms with Crippen LogP contribution in [0.2, 0.25) is 0 Å². The zero-order chi connectivity index (χ0) is 20.1. The number of hydrogen-bond donors (Lipinski definition) is 2. The fourth-order valence-electron chi connectivity index (χ4n) is 2.50. The van der Waals surface area contributed by atoms with Crippen LogP contribution >= 0.6 is 11.3 Å². The SMILES string of the molecule is CNC(=O)c1ccccc1NC(=O)c1sc(COc2ccc(F)cc2)nc1C. The van der Waals surface area contributed by atoms with Crippen molar-refractivity contribution >= 4 is 28.8 Å². The van der Waals surface area contributed by atoms with E-state index in [0.717, 1.165) is 0 Å². The molecule has 3 aromatic rings. The molecule has 28 heavy (non-hydrogen) atoms. The number of nitrogens with zero attached hydrogens (tertiary/aromatic N) is 1. The molecule has 0 saturated heterocycles. The molecule has 2 N–H and O–H groups in total. The molecule has 1 heterocycles. The van der Waals surface area contributed by atoms with Crippen molar-refractivity contribution in [3.05, 3.63) is 75.5 Å². The van der Waals surface area contributed by atoms with Crippen LogP contribution in [0.4, 0.5) is 10.1 Å². The van der Waals surface area contributed by atoms with Gasteiger partial charge in [0.1, 0.15) is 28.1 Å². The van der Waals surface area contributed by atoms with Crippen molar-refractivity contribution in [1.82, 2.24) is 10.3 Å². The minimum absolute atomic E-state index is 0.166. The molecule has 8 heteroatoms. The van der Waals surface area contributed by atoms with Crippen molar-refractivity contribution in [3.8, 4) is 5.75 Å². The maximum atomic E-state index is 12.9. The highest BCUT2D eigenvalue weighted by Gasteiger charge is 2.18. The molecule has 0 radical (unpaired) electrons. The standard InChI is InChI=1S/C20H18FN3O3S/c1-12-18(20(26)24-16-6-4-3-5-15(16)19(25)22-2)28-17(23-12)11-27-14-9-7-13(21)8-10-14/h3-10H,11H2,1-2H3,(H,22,25)(H,24,26). The molecule has 0 aliphatic carbocycles. The molecule has 0 spiro atoms. The molecule has 0 aliphatic rings. The number of rotatable bonds is 6. The number of benzene rings is 2. The van der Waals surface area contributed by atoms with Crippen LogP contribution in [-0.2, 0) is 6.61 Å². The van der Waals surface area contributed by atoms with E-state index in [1.165, 1.54) is 42.6 Å². The molecule has 1 aromatic heterocycles. The minimum Gasteiger partial charge on any atom is -0.486 e. The van der Waals surface area contributed by atoms with Crippen LogP contribution in [0.5, 0.6) is 5.75 Å². The maximum absolute atomic E-state index is 12.9. The van der Waals surface area contributed by atoms with E-state index in [4.69, 9.17) is 4.74 Å². The van der Waals surface area contributed by atoms with Gasteiger partial charge >= 0.3 is 0 Å². The van der Waals surface area contributed by atoms with Crippen molar-refractivity contribution in [1.29, 1.82) is 0 Å². The summed E-state index contributed by atoms with van der Waals surface area (Å²) in [7, 11) is 1.53. The summed E-state index contributed by atoms with van der Waals surface area (Å²) in [6, 6.07) is 12.4. The van der Waals surface area contributed by atoms with Gasteiger partial charge in [0.05, 0.1) is 16.9 Å². The van der Waals surface area contributed by atoms with Crippen LogP contribution in [0, 0.1) is 12.7 Å². The summed E-state index contributed by atoms with van der Waals surface area (Å²) in [5.41, 5.74) is 1.36. The Bertz CT molecular complexity index is 1000. The van der Waals surface area contributed by atoms with E-state index in [9.17, 15) is 14.0 Å². The first kappa shape index (κ1) is 19.5. The van der Waals surface area contributed by atoms with Gasteiger partial charge in [0, 0.05) is 7.05 Å². The molecule has 0 atom stereocenters. The maximum Gasteiger partial charge on any atom is 0.267 e. The number of amides is 2. The Morgan fingerprint density at radius 2 is 1.82 bits per heavy atom. The Balaban J connectivity index is 1.71. The molecule has 144 valence electrons. The molecular weight excluding hydrogens is 381 g/mol. The average Bonchev–Trinajstić information content (AvgIpc) is 3.08. The van der Waals surface area contributed by atoms with Gasteiger partial charge in [-0.2, -0.15) is 0 Å². The number of ether oxygens (including phenoxy) is 1. The van der Waals surface area contributed by atoms with E-state index in [0.29, 0.717) is 32.6 Å². The predicted octanol–water partition coefficient (Wildman–Crippen LogP) is 3.78. The van der Waals surface area contributed by atoms with Crippen LogP contribution in [0.15, 0.2) is 48.5 Å². The Morgan fingerprint density at radius 3 is 2.54 bits per heavy atom. The Hall–Kier alpha value is -3.26. The molecule has 2 amide bonds. The van der Waals surface area contributed by atoms with Gasteiger partial charge in [-0.25, -0.2) is 9.37 Å². The molecular formula is C20H18FN3O3S. The lowest BCUT2D eigenvalue weighted by Gasteiger charge is -2.09. The van der Waals surface area contributed by atoms with E-state index in [-0.39, 0.29) is 24.2 Å². The second-order valence-corrected chi connectivity index (χ2v) is 6.93. The van der Waals surface area contributed by atoms with Crippen LogP contribution in [0.1, 0.15) is 30.7 Å². The van der Waals surface area contributed by atoms with Crippen molar-refractivity contribution < 1.29 is 18.7 Å². The topological polar surface area (TPSA) is 80.3 Å². The molecule has 0 fully saturated rings. The van der Waals surface area contributed by atoms with Crippen molar-refractivity contribution in [2.45, 2.75) is 13.5 Å². The van der Waals surface area contributed by atoms with Gasteiger partial charge in [-0.15, -0.1) is 11.3 Å². The summed E-state index contributed by atoms with van der Waals surface area (Å²) in [6.07, 6.45) is 0. The van der Waals surface area contributed by atoms with E-state index < -0.39 is 0 Å². The van der Waals surface area contributed by atoms with Gasteiger partial charge in [0.25, 0.3) is 11.8 Å². The number of anilines is 1. The minimum atomic E-state index is -0.348. The first-order valence-electron chi connectivity index (χ1n) is 8.45. The number of aryl methyl sites for hydroxylation is 1. The summed E-state index contributed by atoms with van der Waals surface area (Å²) in [4.78, 5) is 29.4. The Morgan fingerprint density at radius 1 is 1.11 bits per heavy atom. The number of aromatic nitrogens is 1. The molecule has 3 rings (SSSR count). The molecule has 0 saturated carbocycles.